The highest BCUT2D eigenvalue weighted by Gasteiger charge is 2.25. The Hall–Kier alpha value is -1.12. The number of hydrogen-bond donors (Lipinski definition) is 1. The van der Waals surface area contributed by atoms with E-state index in [0.717, 1.165) is 18.4 Å². The minimum atomic E-state index is -0.198. The van der Waals surface area contributed by atoms with Crippen LogP contribution in [0.15, 0.2) is 11.1 Å². The van der Waals surface area contributed by atoms with E-state index in [9.17, 15) is 9.59 Å². The molecule has 3 heteroatoms. The van der Waals surface area contributed by atoms with E-state index in [1.54, 1.807) is 0 Å². The van der Waals surface area contributed by atoms with Gasteiger partial charge in [-0.05, 0) is 25.7 Å². The Kier molecular flexibility index (Phi) is 3.44. The normalized spacial score (nSPS) is 20.3. The van der Waals surface area contributed by atoms with Gasteiger partial charge in [-0.3, -0.25) is 14.9 Å². The third-order valence-corrected chi connectivity index (χ3v) is 2.48. The maximum atomic E-state index is 11.3. The fraction of sp³-hybridized carbons (Fsp3) is 0.636. The van der Waals surface area contributed by atoms with E-state index in [1.807, 2.05) is 6.92 Å². The molecule has 1 rings (SSSR count). The van der Waals surface area contributed by atoms with Crippen LogP contribution in [0.25, 0.3) is 0 Å². The molecule has 1 fully saturated rings. The molecule has 0 bridgehead atoms. The lowest BCUT2D eigenvalue weighted by Crippen LogP contribution is -2.19. The van der Waals surface area contributed by atoms with Crippen molar-refractivity contribution >= 4 is 11.8 Å². The molecule has 1 N–H and O–H groups in total. The van der Waals surface area contributed by atoms with E-state index in [0.29, 0.717) is 11.5 Å². The highest BCUT2D eigenvalue weighted by Crippen LogP contribution is 2.20. The van der Waals surface area contributed by atoms with Crippen LogP contribution < -0.4 is 5.32 Å². The fourth-order valence-electron chi connectivity index (χ4n) is 1.49. The van der Waals surface area contributed by atoms with Crippen LogP contribution in [0.1, 0.15) is 40.0 Å². The molecule has 0 radical (unpaired) electrons. The second-order valence-corrected chi connectivity index (χ2v) is 4.25. The van der Waals surface area contributed by atoms with Crippen LogP contribution in [0, 0.1) is 5.92 Å². The van der Waals surface area contributed by atoms with Crippen LogP contribution in [0.4, 0.5) is 0 Å². The highest BCUT2D eigenvalue weighted by atomic mass is 16.2. The predicted molar refractivity (Wildman–Crippen MR) is 54.5 cm³/mol. The molecular weight excluding hydrogens is 178 g/mol. The zero-order chi connectivity index (χ0) is 10.7. The SMILES string of the molecule is CC(CCC(C)C)=C1CC(=O)NC1=O. The zero-order valence-electron chi connectivity index (χ0n) is 9.02. The molecule has 0 aromatic heterocycles. The average Bonchev–Trinajstić information content (AvgIpc) is 2.41. The Labute approximate surface area is 84.6 Å². The second-order valence-electron chi connectivity index (χ2n) is 4.25. The monoisotopic (exact) mass is 195 g/mol. The van der Waals surface area contributed by atoms with E-state index in [1.165, 1.54) is 0 Å². The summed E-state index contributed by atoms with van der Waals surface area (Å²) in [6.45, 7) is 6.24. The summed E-state index contributed by atoms with van der Waals surface area (Å²) >= 11 is 0. The number of imide groups is 1. The lowest BCUT2D eigenvalue weighted by atomic mass is 9.99. The minimum Gasteiger partial charge on any atom is -0.292 e. The molecule has 1 saturated heterocycles. The van der Waals surface area contributed by atoms with Crippen molar-refractivity contribution < 1.29 is 9.59 Å². The van der Waals surface area contributed by atoms with Gasteiger partial charge in [0.1, 0.15) is 0 Å². The second kappa shape index (κ2) is 4.40. The van der Waals surface area contributed by atoms with Crippen LogP contribution in [0.3, 0.4) is 0 Å². The van der Waals surface area contributed by atoms with Gasteiger partial charge in [-0.15, -0.1) is 0 Å². The Morgan fingerprint density at radius 3 is 2.50 bits per heavy atom. The van der Waals surface area contributed by atoms with Crippen molar-refractivity contribution in [2.24, 2.45) is 5.92 Å². The van der Waals surface area contributed by atoms with Crippen molar-refractivity contribution in [1.82, 2.24) is 5.32 Å². The Morgan fingerprint density at radius 2 is 2.07 bits per heavy atom. The molecule has 0 aromatic rings. The van der Waals surface area contributed by atoms with Crippen molar-refractivity contribution in [3.05, 3.63) is 11.1 Å². The Bertz CT molecular complexity index is 290. The van der Waals surface area contributed by atoms with E-state index < -0.39 is 0 Å². The molecule has 0 atom stereocenters. The van der Waals surface area contributed by atoms with Gasteiger partial charge in [-0.25, -0.2) is 0 Å². The van der Waals surface area contributed by atoms with Crippen molar-refractivity contribution in [3.63, 3.8) is 0 Å². The molecule has 0 spiro atoms. The quantitative estimate of drug-likeness (QED) is 0.551. The first-order chi connectivity index (χ1) is 6.50. The number of carbonyl (C=O) groups excluding carboxylic acids is 2. The predicted octanol–water partition coefficient (Wildman–Crippen LogP) is 1.79. The van der Waals surface area contributed by atoms with Crippen LogP contribution in [-0.4, -0.2) is 11.8 Å². The number of carbonyl (C=O) groups is 2. The summed E-state index contributed by atoms with van der Waals surface area (Å²) in [6, 6.07) is 0. The number of nitrogens with one attached hydrogen (secondary N) is 1. The molecule has 0 saturated carbocycles. The fourth-order valence-corrected chi connectivity index (χ4v) is 1.49. The third kappa shape index (κ3) is 2.69. The van der Waals surface area contributed by atoms with E-state index >= 15 is 0 Å². The van der Waals surface area contributed by atoms with Crippen LogP contribution >= 0.6 is 0 Å². The Morgan fingerprint density at radius 1 is 1.43 bits per heavy atom. The molecule has 0 unspecified atom stereocenters. The van der Waals surface area contributed by atoms with Gasteiger partial charge in [-0.1, -0.05) is 19.4 Å². The van der Waals surface area contributed by atoms with Gasteiger partial charge in [0.15, 0.2) is 0 Å². The third-order valence-electron chi connectivity index (χ3n) is 2.48. The summed E-state index contributed by atoms with van der Waals surface area (Å²) in [7, 11) is 0. The van der Waals surface area contributed by atoms with Crippen LogP contribution in [0.5, 0.6) is 0 Å². The molecule has 3 nitrogen and oxygen atoms in total. The summed E-state index contributed by atoms with van der Waals surface area (Å²) in [5.41, 5.74) is 1.73. The standard InChI is InChI=1S/C11H17NO2/c1-7(2)4-5-8(3)9-6-10(13)12-11(9)14/h7H,4-6H2,1-3H3,(H,12,13,14). The molecule has 2 amide bonds. The molecule has 1 aliphatic rings. The van der Waals surface area contributed by atoms with Gasteiger partial charge in [-0.2, -0.15) is 0 Å². The number of amides is 2. The summed E-state index contributed by atoms with van der Waals surface area (Å²) in [5.74, 6) is 0.260. The van der Waals surface area contributed by atoms with E-state index in [2.05, 4.69) is 19.2 Å². The summed E-state index contributed by atoms with van der Waals surface area (Å²) in [4.78, 5) is 22.2. The van der Waals surface area contributed by atoms with Crippen LogP contribution in [-0.2, 0) is 9.59 Å². The lowest BCUT2D eigenvalue weighted by molar-refractivity contribution is -0.124. The summed E-state index contributed by atoms with van der Waals surface area (Å²) in [6.07, 6.45) is 2.24. The van der Waals surface area contributed by atoms with Crippen molar-refractivity contribution in [2.75, 3.05) is 0 Å². The van der Waals surface area contributed by atoms with Crippen molar-refractivity contribution in [1.29, 1.82) is 0 Å². The lowest BCUT2D eigenvalue weighted by Gasteiger charge is -2.06. The molecular formula is C11H17NO2. The number of rotatable bonds is 3. The topological polar surface area (TPSA) is 46.2 Å². The molecule has 0 aromatic carbocycles. The van der Waals surface area contributed by atoms with Gasteiger partial charge < -0.3 is 0 Å². The first kappa shape index (κ1) is 11.0. The van der Waals surface area contributed by atoms with Crippen molar-refractivity contribution in [2.45, 2.75) is 40.0 Å². The van der Waals surface area contributed by atoms with Crippen molar-refractivity contribution in [3.8, 4) is 0 Å². The van der Waals surface area contributed by atoms with Gasteiger partial charge in [0, 0.05) is 5.57 Å². The van der Waals surface area contributed by atoms with Gasteiger partial charge in [0.2, 0.25) is 5.91 Å². The first-order valence-corrected chi connectivity index (χ1v) is 5.03. The van der Waals surface area contributed by atoms with Crippen LogP contribution in [0.2, 0.25) is 0 Å². The Balaban J connectivity index is 2.64. The largest absolute Gasteiger partial charge is 0.292 e. The zero-order valence-corrected chi connectivity index (χ0v) is 9.02. The molecule has 14 heavy (non-hydrogen) atoms. The smallest absolute Gasteiger partial charge is 0.254 e. The van der Waals surface area contributed by atoms with E-state index in [4.69, 9.17) is 0 Å². The van der Waals surface area contributed by atoms with E-state index in [-0.39, 0.29) is 18.2 Å². The summed E-state index contributed by atoms with van der Waals surface area (Å²) in [5, 5.41) is 2.30. The molecule has 1 aliphatic heterocycles. The van der Waals surface area contributed by atoms with Gasteiger partial charge in [0.05, 0.1) is 6.42 Å². The summed E-state index contributed by atoms with van der Waals surface area (Å²) < 4.78 is 0. The highest BCUT2D eigenvalue weighted by molar-refractivity contribution is 6.13. The van der Waals surface area contributed by atoms with Gasteiger partial charge in [0.25, 0.3) is 5.91 Å². The maximum absolute atomic E-state index is 11.3. The molecule has 78 valence electrons. The first-order valence-electron chi connectivity index (χ1n) is 5.03. The number of hydrogen-bond acceptors (Lipinski definition) is 2. The maximum Gasteiger partial charge on any atom is 0.254 e. The molecule has 0 aliphatic carbocycles. The molecule has 1 heterocycles. The average molecular weight is 195 g/mol. The minimum absolute atomic E-state index is 0.172. The van der Waals surface area contributed by atoms with Gasteiger partial charge >= 0.3 is 0 Å². The number of allylic oxidation sites excluding steroid dienone is 1.